The number of carboxylic acid groups (broad SMARTS) is 1. The molecule has 20 heavy (non-hydrogen) atoms. The van der Waals surface area contributed by atoms with Crippen LogP contribution < -0.4 is 10.7 Å². The van der Waals surface area contributed by atoms with Crippen molar-refractivity contribution >= 4 is 30.0 Å². The number of guanidine groups is 1. The number of morpholine rings is 1. The third kappa shape index (κ3) is 3.60. The highest BCUT2D eigenvalue weighted by atomic mass is 35.5. The van der Waals surface area contributed by atoms with Crippen molar-refractivity contribution in [1.29, 1.82) is 5.41 Å². The molecular formula is C12H17ClN4O3. The van der Waals surface area contributed by atoms with Gasteiger partial charge in [-0.15, -0.1) is 12.4 Å². The van der Waals surface area contributed by atoms with Gasteiger partial charge in [0.25, 0.3) is 0 Å². The monoisotopic (exact) mass is 300 g/mol. The van der Waals surface area contributed by atoms with Crippen molar-refractivity contribution in [3.63, 3.8) is 0 Å². The van der Waals surface area contributed by atoms with Gasteiger partial charge >= 0.3 is 5.97 Å². The quantitative estimate of drug-likeness (QED) is 0.562. The van der Waals surface area contributed by atoms with Crippen LogP contribution in [0, 0.1) is 5.41 Å². The topological polar surface area (TPSA) is 103 Å². The van der Waals surface area contributed by atoms with E-state index < -0.39 is 5.97 Å². The molecule has 0 radical (unpaired) electrons. The van der Waals surface area contributed by atoms with E-state index in [0.29, 0.717) is 32.0 Å². The molecule has 1 saturated heterocycles. The molecule has 0 bridgehead atoms. The molecule has 1 heterocycles. The second kappa shape index (κ2) is 7.09. The molecule has 110 valence electrons. The molecule has 1 aliphatic rings. The predicted molar refractivity (Wildman–Crippen MR) is 77.4 cm³/mol. The number of carbonyl (C=O) groups is 1. The summed E-state index contributed by atoms with van der Waals surface area (Å²) in [5, 5.41) is 20.0. The van der Waals surface area contributed by atoms with E-state index in [4.69, 9.17) is 21.0 Å². The lowest BCUT2D eigenvalue weighted by atomic mass is 10.2. The van der Waals surface area contributed by atoms with Crippen LogP contribution in [0.15, 0.2) is 24.3 Å². The Bertz CT molecular complexity index is 474. The van der Waals surface area contributed by atoms with Gasteiger partial charge < -0.3 is 15.6 Å². The molecule has 7 nitrogen and oxygen atoms in total. The summed E-state index contributed by atoms with van der Waals surface area (Å²) in [4.78, 5) is 10.8. The minimum atomic E-state index is -0.979. The Labute approximate surface area is 122 Å². The van der Waals surface area contributed by atoms with Crippen molar-refractivity contribution in [2.45, 2.75) is 0 Å². The van der Waals surface area contributed by atoms with E-state index in [1.807, 2.05) is 5.01 Å². The molecule has 8 heteroatoms. The number of anilines is 1. The van der Waals surface area contributed by atoms with Crippen molar-refractivity contribution in [3.05, 3.63) is 29.8 Å². The van der Waals surface area contributed by atoms with Crippen LogP contribution in [-0.4, -0.2) is 48.3 Å². The Morgan fingerprint density at radius 3 is 2.30 bits per heavy atom. The first-order chi connectivity index (χ1) is 9.09. The maximum atomic E-state index is 10.8. The molecule has 2 rings (SSSR count). The summed E-state index contributed by atoms with van der Waals surface area (Å²) in [5.74, 6) is -1.09. The number of hydrogen-bond acceptors (Lipinski definition) is 4. The van der Waals surface area contributed by atoms with E-state index in [1.54, 1.807) is 17.1 Å². The van der Waals surface area contributed by atoms with Crippen LogP contribution in [0.5, 0.6) is 0 Å². The fourth-order valence-corrected chi connectivity index (χ4v) is 1.95. The molecule has 0 amide bonds. The number of hydrazine groups is 1. The van der Waals surface area contributed by atoms with Crippen molar-refractivity contribution in [2.75, 3.05) is 31.3 Å². The molecule has 0 saturated carbocycles. The number of hydrogen-bond donors (Lipinski definition) is 3. The zero-order valence-electron chi connectivity index (χ0n) is 10.8. The number of ether oxygens (including phenoxy) is 1. The predicted octanol–water partition coefficient (Wildman–Crippen LogP) is 0.754. The second-order valence-electron chi connectivity index (χ2n) is 4.12. The van der Waals surface area contributed by atoms with Crippen LogP contribution in [0.4, 0.5) is 5.69 Å². The van der Waals surface area contributed by atoms with Gasteiger partial charge in [-0.3, -0.25) is 5.41 Å². The first kappa shape index (κ1) is 16.2. The maximum Gasteiger partial charge on any atom is 0.335 e. The summed E-state index contributed by atoms with van der Waals surface area (Å²) < 4.78 is 5.26. The minimum absolute atomic E-state index is 0. The van der Waals surface area contributed by atoms with E-state index in [1.165, 1.54) is 12.1 Å². The number of carboxylic acids is 1. The normalized spacial score (nSPS) is 15.2. The third-order valence-electron chi connectivity index (χ3n) is 2.86. The number of nitrogens with zero attached hydrogens (tertiary/aromatic N) is 2. The number of nitrogens with one attached hydrogen (secondary N) is 1. The first-order valence-corrected chi connectivity index (χ1v) is 5.89. The van der Waals surface area contributed by atoms with E-state index in [-0.39, 0.29) is 23.9 Å². The Morgan fingerprint density at radius 1 is 1.30 bits per heavy atom. The molecule has 4 N–H and O–H groups in total. The van der Waals surface area contributed by atoms with Crippen LogP contribution in [0.1, 0.15) is 10.4 Å². The molecule has 1 fully saturated rings. The van der Waals surface area contributed by atoms with Gasteiger partial charge in [-0.2, -0.15) is 0 Å². The standard InChI is InChI=1S/C12H16N4O3.ClH/c13-12(14)16(15-5-7-19-8-6-15)10-3-1-9(2-4-10)11(17)18;/h1-4H,5-8H2,(H3,13,14)(H,17,18);1H. The van der Waals surface area contributed by atoms with Gasteiger partial charge in [0, 0.05) is 13.1 Å². The van der Waals surface area contributed by atoms with Crippen LogP contribution in [-0.2, 0) is 4.74 Å². The molecule has 0 unspecified atom stereocenters. The van der Waals surface area contributed by atoms with Gasteiger partial charge in [-0.25, -0.2) is 14.8 Å². The molecule has 1 aliphatic heterocycles. The van der Waals surface area contributed by atoms with Crippen molar-refractivity contribution in [3.8, 4) is 0 Å². The highest BCUT2D eigenvalue weighted by molar-refractivity contribution is 5.93. The summed E-state index contributed by atoms with van der Waals surface area (Å²) in [6.45, 7) is 2.44. The Morgan fingerprint density at radius 2 is 1.85 bits per heavy atom. The average molecular weight is 301 g/mol. The first-order valence-electron chi connectivity index (χ1n) is 5.89. The van der Waals surface area contributed by atoms with Gasteiger partial charge in [0.05, 0.1) is 24.5 Å². The fourth-order valence-electron chi connectivity index (χ4n) is 1.95. The Hall–Kier alpha value is -1.83. The van der Waals surface area contributed by atoms with Crippen molar-refractivity contribution < 1.29 is 14.6 Å². The van der Waals surface area contributed by atoms with Crippen LogP contribution in [0.2, 0.25) is 0 Å². The highest BCUT2D eigenvalue weighted by Crippen LogP contribution is 2.18. The molecule has 0 spiro atoms. The van der Waals surface area contributed by atoms with Gasteiger partial charge in [0.2, 0.25) is 5.96 Å². The smallest absolute Gasteiger partial charge is 0.335 e. The van der Waals surface area contributed by atoms with Gasteiger partial charge in [-0.05, 0) is 24.3 Å². The number of rotatable bonds is 3. The Kier molecular flexibility index (Phi) is 5.75. The minimum Gasteiger partial charge on any atom is -0.478 e. The zero-order valence-corrected chi connectivity index (χ0v) is 11.6. The number of halogens is 1. The number of aromatic carboxylic acids is 1. The van der Waals surface area contributed by atoms with Gasteiger partial charge in [-0.1, -0.05) is 0 Å². The van der Waals surface area contributed by atoms with Crippen LogP contribution >= 0.6 is 12.4 Å². The summed E-state index contributed by atoms with van der Waals surface area (Å²) in [5.41, 5.74) is 6.48. The average Bonchev–Trinajstić information content (AvgIpc) is 2.40. The van der Waals surface area contributed by atoms with Crippen molar-refractivity contribution in [1.82, 2.24) is 5.01 Å². The van der Waals surface area contributed by atoms with E-state index in [2.05, 4.69) is 0 Å². The highest BCUT2D eigenvalue weighted by Gasteiger charge is 2.21. The zero-order chi connectivity index (χ0) is 13.8. The summed E-state index contributed by atoms with van der Waals surface area (Å²) in [6, 6.07) is 6.27. The van der Waals surface area contributed by atoms with Gasteiger partial charge in [0.15, 0.2) is 0 Å². The van der Waals surface area contributed by atoms with Crippen molar-refractivity contribution in [2.24, 2.45) is 5.73 Å². The lowest BCUT2D eigenvalue weighted by molar-refractivity contribution is 0.0392. The Balaban J connectivity index is 0.00000200. The molecule has 0 atom stereocenters. The molecule has 0 aromatic heterocycles. The van der Waals surface area contributed by atoms with Gasteiger partial charge in [0.1, 0.15) is 0 Å². The van der Waals surface area contributed by atoms with Crippen LogP contribution in [0.3, 0.4) is 0 Å². The third-order valence-corrected chi connectivity index (χ3v) is 2.86. The van der Waals surface area contributed by atoms with E-state index in [0.717, 1.165) is 0 Å². The molecule has 0 aliphatic carbocycles. The lowest BCUT2D eigenvalue weighted by Crippen LogP contribution is -2.54. The molecule has 1 aromatic rings. The molecular weight excluding hydrogens is 284 g/mol. The number of benzene rings is 1. The van der Waals surface area contributed by atoms with Crippen LogP contribution in [0.25, 0.3) is 0 Å². The summed E-state index contributed by atoms with van der Waals surface area (Å²) >= 11 is 0. The summed E-state index contributed by atoms with van der Waals surface area (Å²) in [6.07, 6.45) is 0. The van der Waals surface area contributed by atoms with E-state index >= 15 is 0 Å². The molecule has 1 aromatic carbocycles. The SMILES string of the molecule is Cl.N=C(N)N(c1ccc(C(=O)O)cc1)N1CCOCC1. The second-order valence-corrected chi connectivity index (χ2v) is 4.12. The van der Waals surface area contributed by atoms with E-state index in [9.17, 15) is 4.79 Å². The lowest BCUT2D eigenvalue weighted by Gasteiger charge is -2.37. The number of nitrogens with two attached hydrogens (primary N) is 1. The fraction of sp³-hybridized carbons (Fsp3) is 0.333. The largest absolute Gasteiger partial charge is 0.478 e. The summed E-state index contributed by atoms with van der Waals surface area (Å²) in [7, 11) is 0. The maximum absolute atomic E-state index is 10.8.